The third-order valence-corrected chi connectivity index (χ3v) is 4.33. The number of piperidine rings is 1. The van der Waals surface area contributed by atoms with E-state index in [0.29, 0.717) is 6.04 Å². The van der Waals surface area contributed by atoms with Crippen LogP contribution in [0.4, 0.5) is 0 Å². The van der Waals surface area contributed by atoms with Gasteiger partial charge in [-0.15, -0.1) is 0 Å². The molecule has 3 heterocycles. The molecular formula is C13H20N2O. The topological polar surface area (TPSA) is 28.4 Å². The van der Waals surface area contributed by atoms with E-state index in [4.69, 9.17) is 4.42 Å². The first-order valence-corrected chi connectivity index (χ1v) is 6.23. The highest BCUT2D eigenvalue weighted by Crippen LogP contribution is 2.39. The molecule has 1 aromatic heterocycles. The Morgan fingerprint density at radius 2 is 2.44 bits per heavy atom. The summed E-state index contributed by atoms with van der Waals surface area (Å²) in [6, 6.07) is 2.76. The number of furan rings is 1. The lowest BCUT2D eigenvalue weighted by Gasteiger charge is -2.46. The number of hydrogen-bond acceptors (Lipinski definition) is 3. The third kappa shape index (κ3) is 1.42. The molecule has 3 rings (SSSR count). The van der Waals surface area contributed by atoms with Gasteiger partial charge in [0.2, 0.25) is 0 Å². The summed E-state index contributed by atoms with van der Waals surface area (Å²) >= 11 is 0. The maximum Gasteiger partial charge on any atom is 0.127 e. The maximum atomic E-state index is 5.75. The summed E-state index contributed by atoms with van der Waals surface area (Å²) in [6.45, 7) is 4.54. The van der Waals surface area contributed by atoms with Gasteiger partial charge in [0.15, 0.2) is 0 Å². The molecule has 3 heteroatoms. The van der Waals surface area contributed by atoms with Gasteiger partial charge in [0.05, 0.1) is 11.8 Å². The molecule has 3 nitrogen and oxygen atoms in total. The van der Waals surface area contributed by atoms with Crippen LogP contribution in [-0.4, -0.2) is 31.1 Å². The molecule has 0 saturated carbocycles. The minimum atomic E-state index is 0.114. The molecule has 1 spiro atoms. The van der Waals surface area contributed by atoms with Gasteiger partial charge >= 0.3 is 0 Å². The average molecular weight is 220 g/mol. The van der Waals surface area contributed by atoms with Crippen molar-refractivity contribution in [2.24, 2.45) is 0 Å². The quantitative estimate of drug-likeness (QED) is 0.722. The summed E-state index contributed by atoms with van der Waals surface area (Å²) in [5, 5.41) is 3.71. The Bertz CT molecular complexity index is 387. The normalized spacial score (nSPS) is 35.2. The van der Waals surface area contributed by atoms with E-state index in [1.165, 1.54) is 11.3 Å². The number of likely N-dealkylation sites (tertiary alicyclic amines) is 1. The van der Waals surface area contributed by atoms with Gasteiger partial charge in [-0.05, 0) is 44.9 Å². The van der Waals surface area contributed by atoms with Crippen LogP contribution in [0.1, 0.15) is 31.1 Å². The molecule has 1 N–H and O–H groups in total. The fourth-order valence-corrected chi connectivity index (χ4v) is 3.19. The highest BCUT2D eigenvalue weighted by molar-refractivity contribution is 5.29. The summed E-state index contributed by atoms with van der Waals surface area (Å²) in [5.74, 6) is 1.21. The third-order valence-electron chi connectivity index (χ3n) is 4.33. The van der Waals surface area contributed by atoms with Gasteiger partial charge in [-0.25, -0.2) is 0 Å². The lowest BCUT2D eigenvalue weighted by molar-refractivity contribution is 0.0847. The van der Waals surface area contributed by atoms with Gasteiger partial charge in [-0.3, -0.25) is 0 Å². The minimum Gasteiger partial charge on any atom is -0.467 e. The van der Waals surface area contributed by atoms with Crippen LogP contribution in [0.25, 0.3) is 0 Å². The van der Waals surface area contributed by atoms with Gasteiger partial charge in [0.1, 0.15) is 5.76 Å². The zero-order valence-electron chi connectivity index (χ0n) is 10.1. The number of nitrogens with zero attached hydrogens (tertiary/aromatic N) is 1. The van der Waals surface area contributed by atoms with Crippen molar-refractivity contribution in [2.75, 3.05) is 20.1 Å². The number of nitrogens with one attached hydrogen (secondary N) is 1. The molecule has 1 aromatic rings. The van der Waals surface area contributed by atoms with Crippen molar-refractivity contribution in [3.8, 4) is 0 Å². The van der Waals surface area contributed by atoms with Crippen molar-refractivity contribution in [3.05, 3.63) is 23.7 Å². The second kappa shape index (κ2) is 3.60. The first kappa shape index (κ1) is 10.4. The highest BCUT2D eigenvalue weighted by atomic mass is 16.3. The van der Waals surface area contributed by atoms with Crippen molar-refractivity contribution in [1.29, 1.82) is 0 Å². The van der Waals surface area contributed by atoms with Crippen molar-refractivity contribution in [2.45, 2.75) is 37.8 Å². The monoisotopic (exact) mass is 220 g/mol. The van der Waals surface area contributed by atoms with Gasteiger partial charge in [-0.2, -0.15) is 0 Å². The predicted octanol–water partition coefficient (Wildman–Crippen LogP) is 1.73. The lowest BCUT2D eigenvalue weighted by Crippen LogP contribution is -2.55. The fourth-order valence-electron chi connectivity index (χ4n) is 3.19. The SMILES string of the molecule is CC1CC2(CCN1C)NCCc1ccoc12. The standard InChI is InChI=1S/C13H20N2O/c1-10-9-13(5-7-15(10)2)12-11(3-6-14-13)4-8-16-12/h4,8,10,14H,3,5-7,9H2,1-2H3. The second-order valence-corrected chi connectivity index (χ2v) is 5.32. The Morgan fingerprint density at radius 1 is 1.56 bits per heavy atom. The Labute approximate surface area is 96.8 Å². The van der Waals surface area contributed by atoms with E-state index in [-0.39, 0.29) is 5.54 Å². The number of rotatable bonds is 0. The van der Waals surface area contributed by atoms with E-state index in [2.05, 4.69) is 30.3 Å². The zero-order chi connectivity index (χ0) is 11.2. The van der Waals surface area contributed by atoms with Crippen LogP contribution in [0.5, 0.6) is 0 Å². The van der Waals surface area contributed by atoms with Crippen LogP contribution in [-0.2, 0) is 12.0 Å². The Morgan fingerprint density at radius 3 is 3.25 bits per heavy atom. The van der Waals surface area contributed by atoms with Crippen molar-refractivity contribution in [3.63, 3.8) is 0 Å². The van der Waals surface area contributed by atoms with Crippen molar-refractivity contribution >= 4 is 0 Å². The summed E-state index contributed by atoms with van der Waals surface area (Å²) in [7, 11) is 2.21. The molecule has 1 fully saturated rings. The van der Waals surface area contributed by atoms with E-state index < -0.39 is 0 Å². The smallest absolute Gasteiger partial charge is 0.127 e. The van der Waals surface area contributed by atoms with Gasteiger partial charge < -0.3 is 14.6 Å². The molecule has 0 radical (unpaired) electrons. The minimum absolute atomic E-state index is 0.114. The van der Waals surface area contributed by atoms with Gasteiger partial charge in [0, 0.05) is 19.1 Å². The first-order valence-electron chi connectivity index (χ1n) is 6.23. The van der Waals surface area contributed by atoms with Gasteiger partial charge in [0.25, 0.3) is 0 Å². The van der Waals surface area contributed by atoms with E-state index >= 15 is 0 Å². The van der Waals surface area contributed by atoms with Crippen molar-refractivity contribution in [1.82, 2.24) is 10.2 Å². The fraction of sp³-hybridized carbons (Fsp3) is 0.692. The second-order valence-electron chi connectivity index (χ2n) is 5.32. The molecule has 88 valence electrons. The van der Waals surface area contributed by atoms with Crippen LogP contribution < -0.4 is 5.32 Å². The number of hydrogen-bond donors (Lipinski definition) is 1. The Kier molecular flexibility index (Phi) is 2.33. The highest BCUT2D eigenvalue weighted by Gasteiger charge is 2.43. The van der Waals surface area contributed by atoms with Crippen LogP contribution in [0.3, 0.4) is 0 Å². The number of fused-ring (bicyclic) bond motifs is 2. The molecule has 1 saturated heterocycles. The summed E-state index contributed by atoms with van der Waals surface area (Å²) < 4.78 is 5.75. The summed E-state index contributed by atoms with van der Waals surface area (Å²) in [6.07, 6.45) is 5.28. The molecule has 2 aliphatic heterocycles. The molecule has 2 aliphatic rings. The van der Waals surface area contributed by atoms with Crippen LogP contribution in [0.15, 0.2) is 16.7 Å². The molecule has 0 amide bonds. The largest absolute Gasteiger partial charge is 0.467 e. The molecule has 0 bridgehead atoms. The first-order chi connectivity index (χ1) is 7.71. The Hall–Kier alpha value is -0.800. The van der Waals surface area contributed by atoms with Crippen LogP contribution in [0, 0.1) is 0 Å². The Balaban J connectivity index is 1.96. The summed E-state index contributed by atoms with van der Waals surface area (Å²) in [4.78, 5) is 2.43. The molecule has 2 unspecified atom stereocenters. The van der Waals surface area contributed by atoms with Crippen LogP contribution in [0.2, 0.25) is 0 Å². The molecular weight excluding hydrogens is 200 g/mol. The average Bonchev–Trinajstić information content (AvgIpc) is 2.74. The van der Waals surface area contributed by atoms with E-state index in [9.17, 15) is 0 Å². The predicted molar refractivity (Wildman–Crippen MR) is 63.4 cm³/mol. The van der Waals surface area contributed by atoms with E-state index in [1.54, 1.807) is 0 Å². The zero-order valence-corrected chi connectivity index (χ0v) is 10.1. The molecule has 16 heavy (non-hydrogen) atoms. The van der Waals surface area contributed by atoms with Crippen LogP contribution >= 0.6 is 0 Å². The molecule has 0 aliphatic carbocycles. The maximum absolute atomic E-state index is 5.75. The molecule has 0 aromatic carbocycles. The van der Waals surface area contributed by atoms with E-state index in [1.807, 2.05) is 6.26 Å². The summed E-state index contributed by atoms with van der Waals surface area (Å²) in [5.41, 5.74) is 1.53. The van der Waals surface area contributed by atoms with Crippen molar-refractivity contribution < 1.29 is 4.42 Å². The van der Waals surface area contributed by atoms with E-state index in [0.717, 1.165) is 32.4 Å². The molecule has 2 atom stereocenters. The lowest BCUT2D eigenvalue weighted by atomic mass is 9.78. The van der Waals surface area contributed by atoms with Gasteiger partial charge in [-0.1, -0.05) is 0 Å².